The van der Waals surface area contributed by atoms with Gasteiger partial charge in [0.15, 0.2) is 0 Å². The Kier molecular flexibility index (Phi) is 4.79. The van der Waals surface area contributed by atoms with Crippen molar-refractivity contribution in [1.82, 2.24) is 0 Å². The molecular weight excluding hydrogens is 320 g/mol. The molecule has 1 atom stereocenters. The molecule has 0 heterocycles. The predicted octanol–water partition coefficient (Wildman–Crippen LogP) is 6.27. The quantitative estimate of drug-likeness (QED) is 0.698. The van der Waals surface area contributed by atoms with E-state index in [4.69, 9.17) is 34.8 Å². The molecule has 106 valence electrons. The van der Waals surface area contributed by atoms with Gasteiger partial charge < -0.3 is 5.32 Å². The molecule has 20 heavy (non-hydrogen) atoms. The lowest BCUT2D eigenvalue weighted by atomic mass is 10.1. The first-order chi connectivity index (χ1) is 9.38. The Hall–Kier alpha value is -0.960. The minimum atomic E-state index is -0.431. The van der Waals surface area contributed by atoms with Crippen molar-refractivity contribution in [3.63, 3.8) is 0 Å². The van der Waals surface area contributed by atoms with Crippen LogP contribution < -0.4 is 5.32 Å². The molecule has 0 saturated carbocycles. The molecule has 0 spiro atoms. The standard InChI is InChI=1S/C15H13Cl3FN/c1-8-5-13(18)15(7-11(8)16)20-9(2)10-3-4-14(19)12(17)6-10/h3-7,9,20H,1-2H3. The van der Waals surface area contributed by atoms with Crippen LogP contribution in [0.5, 0.6) is 0 Å². The minimum Gasteiger partial charge on any atom is -0.377 e. The smallest absolute Gasteiger partial charge is 0.141 e. The van der Waals surface area contributed by atoms with E-state index in [1.54, 1.807) is 24.3 Å². The van der Waals surface area contributed by atoms with Crippen molar-refractivity contribution in [2.75, 3.05) is 5.32 Å². The first-order valence-electron chi connectivity index (χ1n) is 6.05. The van der Waals surface area contributed by atoms with E-state index in [9.17, 15) is 4.39 Å². The van der Waals surface area contributed by atoms with Crippen LogP contribution >= 0.6 is 34.8 Å². The summed E-state index contributed by atoms with van der Waals surface area (Å²) in [7, 11) is 0. The summed E-state index contributed by atoms with van der Waals surface area (Å²) in [4.78, 5) is 0. The molecule has 0 aliphatic carbocycles. The number of benzene rings is 2. The summed E-state index contributed by atoms with van der Waals surface area (Å²) in [6, 6.07) is 8.13. The van der Waals surface area contributed by atoms with Gasteiger partial charge in [-0.3, -0.25) is 0 Å². The lowest BCUT2D eigenvalue weighted by Gasteiger charge is -2.18. The van der Waals surface area contributed by atoms with Crippen LogP contribution in [0.3, 0.4) is 0 Å². The Morgan fingerprint density at radius 2 is 1.70 bits per heavy atom. The maximum absolute atomic E-state index is 13.2. The van der Waals surface area contributed by atoms with E-state index in [1.807, 2.05) is 13.8 Å². The largest absolute Gasteiger partial charge is 0.377 e. The SMILES string of the molecule is Cc1cc(Cl)c(NC(C)c2ccc(F)c(Cl)c2)cc1Cl. The molecular formula is C15H13Cl3FN. The van der Waals surface area contributed by atoms with Crippen molar-refractivity contribution >= 4 is 40.5 Å². The zero-order valence-corrected chi connectivity index (χ0v) is 13.2. The first-order valence-corrected chi connectivity index (χ1v) is 7.19. The van der Waals surface area contributed by atoms with E-state index in [0.29, 0.717) is 10.0 Å². The van der Waals surface area contributed by atoms with Gasteiger partial charge in [-0.25, -0.2) is 4.39 Å². The summed E-state index contributed by atoms with van der Waals surface area (Å²) in [5, 5.41) is 4.57. The van der Waals surface area contributed by atoms with E-state index >= 15 is 0 Å². The van der Waals surface area contributed by atoms with E-state index in [0.717, 1.165) is 16.8 Å². The second kappa shape index (κ2) is 6.21. The fourth-order valence-corrected chi connectivity index (χ4v) is 2.48. The second-order valence-corrected chi connectivity index (χ2v) is 5.84. The Labute approximate surface area is 132 Å². The maximum atomic E-state index is 13.2. The van der Waals surface area contributed by atoms with Gasteiger partial charge in [0, 0.05) is 11.1 Å². The zero-order chi connectivity index (χ0) is 14.9. The molecule has 5 heteroatoms. The van der Waals surface area contributed by atoms with Gasteiger partial charge in [0.25, 0.3) is 0 Å². The normalized spacial score (nSPS) is 12.3. The average Bonchev–Trinajstić information content (AvgIpc) is 2.39. The lowest BCUT2D eigenvalue weighted by Crippen LogP contribution is -2.07. The third kappa shape index (κ3) is 3.38. The molecule has 2 rings (SSSR count). The molecule has 0 fully saturated rings. The number of halogens is 4. The Bertz CT molecular complexity index is 643. The molecule has 0 aliphatic heterocycles. The van der Waals surface area contributed by atoms with Crippen molar-refractivity contribution in [3.8, 4) is 0 Å². The number of aryl methyl sites for hydroxylation is 1. The lowest BCUT2D eigenvalue weighted by molar-refractivity contribution is 0.627. The van der Waals surface area contributed by atoms with Gasteiger partial charge in [0.1, 0.15) is 5.82 Å². The fraction of sp³-hybridized carbons (Fsp3) is 0.200. The van der Waals surface area contributed by atoms with Crippen LogP contribution in [-0.2, 0) is 0 Å². The van der Waals surface area contributed by atoms with E-state index in [1.165, 1.54) is 6.07 Å². The molecule has 1 unspecified atom stereocenters. The summed E-state index contributed by atoms with van der Waals surface area (Å²) < 4.78 is 13.2. The molecule has 0 aromatic heterocycles. The van der Waals surface area contributed by atoms with Crippen molar-refractivity contribution in [2.45, 2.75) is 19.9 Å². The minimum absolute atomic E-state index is 0.0793. The molecule has 2 aromatic carbocycles. The van der Waals surface area contributed by atoms with Crippen molar-refractivity contribution in [2.24, 2.45) is 0 Å². The highest BCUT2D eigenvalue weighted by Crippen LogP contribution is 2.32. The summed E-state index contributed by atoms with van der Waals surface area (Å²) in [5.41, 5.74) is 2.51. The Morgan fingerprint density at radius 1 is 1.00 bits per heavy atom. The van der Waals surface area contributed by atoms with Gasteiger partial charge in [0.2, 0.25) is 0 Å². The van der Waals surface area contributed by atoms with Crippen LogP contribution in [0.1, 0.15) is 24.1 Å². The summed E-state index contributed by atoms with van der Waals surface area (Å²) in [5.74, 6) is -0.431. The summed E-state index contributed by atoms with van der Waals surface area (Å²) >= 11 is 18.1. The van der Waals surface area contributed by atoms with Crippen LogP contribution in [-0.4, -0.2) is 0 Å². The van der Waals surface area contributed by atoms with Crippen molar-refractivity contribution < 1.29 is 4.39 Å². The predicted molar refractivity (Wildman–Crippen MR) is 84.6 cm³/mol. The highest BCUT2D eigenvalue weighted by molar-refractivity contribution is 6.35. The average molecular weight is 333 g/mol. The number of rotatable bonds is 3. The number of anilines is 1. The van der Waals surface area contributed by atoms with Crippen molar-refractivity contribution in [3.05, 3.63) is 62.3 Å². The van der Waals surface area contributed by atoms with Crippen LogP contribution in [0.2, 0.25) is 15.1 Å². The third-order valence-corrected chi connectivity index (χ3v) is 4.07. The van der Waals surface area contributed by atoms with Gasteiger partial charge in [-0.1, -0.05) is 40.9 Å². The highest BCUT2D eigenvalue weighted by Gasteiger charge is 2.11. The van der Waals surface area contributed by atoms with E-state index < -0.39 is 5.82 Å². The number of hydrogen-bond acceptors (Lipinski definition) is 1. The van der Waals surface area contributed by atoms with Gasteiger partial charge in [-0.2, -0.15) is 0 Å². The number of hydrogen-bond donors (Lipinski definition) is 1. The van der Waals surface area contributed by atoms with Crippen LogP contribution in [0.4, 0.5) is 10.1 Å². The van der Waals surface area contributed by atoms with Crippen LogP contribution in [0, 0.1) is 12.7 Å². The number of nitrogens with one attached hydrogen (secondary N) is 1. The monoisotopic (exact) mass is 331 g/mol. The summed E-state index contributed by atoms with van der Waals surface area (Å²) in [6.07, 6.45) is 0. The molecule has 0 amide bonds. The molecule has 0 saturated heterocycles. The van der Waals surface area contributed by atoms with Gasteiger partial charge in [-0.15, -0.1) is 0 Å². The molecule has 0 aliphatic rings. The van der Waals surface area contributed by atoms with Crippen molar-refractivity contribution in [1.29, 1.82) is 0 Å². The fourth-order valence-electron chi connectivity index (χ4n) is 1.86. The molecule has 1 N–H and O–H groups in total. The van der Waals surface area contributed by atoms with Crippen LogP contribution in [0.15, 0.2) is 30.3 Å². The topological polar surface area (TPSA) is 12.0 Å². The summed E-state index contributed by atoms with van der Waals surface area (Å²) in [6.45, 7) is 3.83. The maximum Gasteiger partial charge on any atom is 0.141 e. The first kappa shape index (κ1) is 15.4. The zero-order valence-electron chi connectivity index (χ0n) is 11.0. The molecule has 0 bridgehead atoms. The molecule has 1 nitrogen and oxygen atoms in total. The highest BCUT2D eigenvalue weighted by atomic mass is 35.5. The van der Waals surface area contributed by atoms with E-state index in [-0.39, 0.29) is 11.1 Å². The molecule has 0 radical (unpaired) electrons. The second-order valence-electron chi connectivity index (χ2n) is 4.62. The molecule has 2 aromatic rings. The Balaban J connectivity index is 2.25. The van der Waals surface area contributed by atoms with Gasteiger partial charge >= 0.3 is 0 Å². The third-order valence-electron chi connectivity index (χ3n) is 3.06. The Morgan fingerprint density at radius 3 is 2.35 bits per heavy atom. The van der Waals surface area contributed by atoms with Gasteiger partial charge in [-0.05, 0) is 49.2 Å². The van der Waals surface area contributed by atoms with Gasteiger partial charge in [0.05, 0.1) is 15.7 Å². The van der Waals surface area contributed by atoms with E-state index in [2.05, 4.69) is 5.32 Å². The van der Waals surface area contributed by atoms with Crippen LogP contribution in [0.25, 0.3) is 0 Å².